The van der Waals surface area contributed by atoms with E-state index in [1.807, 2.05) is 0 Å². The molecule has 0 atom stereocenters. The van der Waals surface area contributed by atoms with Gasteiger partial charge in [0.05, 0.1) is 6.16 Å². The van der Waals surface area contributed by atoms with E-state index in [-0.39, 0.29) is 0 Å². The fourth-order valence-electron chi connectivity index (χ4n) is 3.11. The van der Waals surface area contributed by atoms with Gasteiger partial charge in [0.1, 0.15) is 23.2 Å². The Labute approximate surface area is 139 Å². The van der Waals surface area contributed by atoms with Crippen LogP contribution in [-0.2, 0) is 0 Å². The van der Waals surface area contributed by atoms with Crippen LogP contribution in [0.5, 0.6) is 0 Å². The summed E-state index contributed by atoms with van der Waals surface area (Å²) in [5.41, 5.74) is 0. The molecule has 0 aromatic heterocycles. The number of rotatable bonds is 5. The molecule has 0 saturated heterocycles. The summed E-state index contributed by atoms with van der Waals surface area (Å²) in [6.45, 7) is 0. The SMILES string of the molecule is C#CCC[P+](c1ccccc1)(c1ccccc1)c1ccccc1. The van der Waals surface area contributed by atoms with Gasteiger partial charge in [0.15, 0.2) is 0 Å². The van der Waals surface area contributed by atoms with Gasteiger partial charge in [0.2, 0.25) is 0 Å². The summed E-state index contributed by atoms with van der Waals surface area (Å²) < 4.78 is 0. The monoisotopic (exact) mass is 315 g/mol. The quantitative estimate of drug-likeness (QED) is 0.493. The largest absolute Gasteiger partial charge is 0.120 e. The van der Waals surface area contributed by atoms with Crippen LogP contribution in [0, 0.1) is 12.3 Å². The van der Waals surface area contributed by atoms with Gasteiger partial charge in [-0.05, 0) is 36.4 Å². The van der Waals surface area contributed by atoms with Crippen LogP contribution in [0.1, 0.15) is 6.42 Å². The van der Waals surface area contributed by atoms with Crippen LogP contribution in [0.25, 0.3) is 0 Å². The first kappa shape index (κ1) is 15.5. The van der Waals surface area contributed by atoms with Gasteiger partial charge in [-0.1, -0.05) is 54.6 Å². The first-order valence-electron chi connectivity index (χ1n) is 7.86. The van der Waals surface area contributed by atoms with Crippen LogP contribution in [-0.4, -0.2) is 6.16 Å². The van der Waals surface area contributed by atoms with Gasteiger partial charge < -0.3 is 0 Å². The van der Waals surface area contributed by atoms with E-state index in [1.165, 1.54) is 15.9 Å². The van der Waals surface area contributed by atoms with Crippen molar-refractivity contribution in [1.82, 2.24) is 0 Å². The molecule has 0 heterocycles. The standard InChI is InChI=1S/C22H20P/c1-2-3-19-23(20-13-7-4-8-14-20,21-15-9-5-10-16-21)22-17-11-6-12-18-22/h1,4-18H,3,19H2/q+1. The summed E-state index contributed by atoms with van der Waals surface area (Å²) >= 11 is 0. The fraction of sp³-hybridized carbons (Fsp3) is 0.0909. The second-order valence-electron chi connectivity index (χ2n) is 5.49. The van der Waals surface area contributed by atoms with Crippen LogP contribution in [0.3, 0.4) is 0 Å². The highest BCUT2D eigenvalue weighted by Gasteiger charge is 2.44. The Morgan fingerprint density at radius 1 is 0.609 bits per heavy atom. The molecule has 0 fully saturated rings. The Kier molecular flexibility index (Phi) is 4.92. The molecule has 0 amide bonds. The van der Waals surface area contributed by atoms with Crippen molar-refractivity contribution >= 4 is 23.2 Å². The molecule has 0 nitrogen and oxygen atoms in total. The van der Waals surface area contributed by atoms with Gasteiger partial charge in [-0.3, -0.25) is 0 Å². The van der Waals surface area contributed by atoms with Crippen LogP contribution >= 0.6 is 7.26 Å². The Morgan fingerprint density at radius 2 is 0.957 bits per heavy atom. The molecular weight excluding hydrogens is 295 g/mol. The molecule has 3 aromatic rings. The molecule has 0 radical (unpaired) electrons. The van der Waals surface area contributed by atoms with E-state index in [0.29, 0.717) is 0 Å². The Morgan fingerprint density at radius 3 is 1.26 bits per heavy atom. The van der Waals surface area contributed by atoms with E-state index in [1.54, 1.807) is 0 Å². The Bertz CT molecular complexity index is 674. The third-order valence-corrected chi connectivity index (χ3v) is 8.62. The van der Waals surface area contributed by atoms with Crippen LogP contribution in [0.4, 0.5) is 0 Å². The second-order valence-corrected chi connectivity index (χ2v) is 9.11. The average molecular weight is 315 g/mol. The van der Waals surface area contributed by atoms with Crippen molar-refractivity contribution in [2.75, 3.05) is 6.16 Å². The van der Waals surface area contributed by atoms with Gasteiger partial charge >= 0.3 is 0 Å². The van der Waals surface area contributed by atoms with Crippen LogP contribution in [0.15, 0.2) is 91.0 Å². The van der Waals surface area contributed by atoms with E-state index in [9.17, 15) is 0 Å². The molecule has 3 rings (SSSR count). The maximum Gasteiger partial charge on any atom is 0.113 e. The summed E-state index contributed by atoms with van der Waals surface area (Å²) in [5, 5.41) is 4.19. The van der Waals surface area contributed by atoms with Crippen molar-refractivity contribution < 1.29 is 0 Å². The molecule has 23 heavy (non-hydrogen) atoms. The summed E-state index contributed by atoms with van der Waals surface area (Å²) in [6, 6.07) is 32.5. The summed E-state index contributed by atoms with van der Waals surface area (Å²) in [5.74, 6) is 2.86. The number of hydrogen-bond donors (Lipinski definition) is 0. The Hall–Kier alpha value is -2.35. The molecule has 112 valence electrons. The number of benzene rings is 3. The van der Waals surface area contributed by atoms with E-state index < -0.39 is 7.26 Å². The van der Waals surface area contributed by atoms with Gasteiger partial charge in [0.25, 0.3) is 0 Å². The van der Waals surface area contributed by atoms with Crippen molar-refractivity contribution in [2.45, 2.75) is 6.42 Å². The van der Waals surface area contributed by atoms with E-state index in [0.717, 1.165) is 12.6 Å². The third kappa shape index (κ3) is 3.07. The lowest BCUT2D eigenvalue weighted by Gasteiger charge is -2.27. The van der Waals surface area contributed by atoms with Gasteiger partial charge in [0, 0.05) is 6.42 Å². The molecule has 0 N–H and O–H groups in total. The topological polar surface area (TPSA) is 0 Å². The van der Waals surface area contributed by atoms with E-state index in [2.05, 4.69) is 96.9 Å². The molecule has 0 bridgehead atoms. The van der Waals surface area contributed by atoms with Crippen LogP contribution in [0.2, 0.25) is 0 Å². The molecule has 1 heteroatoms. The fourth-order valence-corrected chi connectivity index (χ4v) is 7.29. The molecule has 0 spiro atoms. The van der Waals surface area contributed by atoms with Crippen LogP contribution < -0.4 is 15.9 Å². The van der Waals surface area contributed by atoms with E-state index >= 15 is 0 Å². The summed E-state index contributed by atoms with van der Waals surface area (Å²) in [6.07, 6.45) is 7.42. The summed E-state index contributed by atoms with van der Waals surface area (Å²) in [7, 11) is -1.71. The molecule has 0 aliphatic carbocycles. The minimum atomic E-state index is -1.71. The minimum Gasteiger partial charge on any atom is -0.120 e. The lowest BCUT2D eigenvalue weighted by Crippen LogP contribution is -2.33. The zero-order chi connectivity index (χ0) is 16.0. The van der Waals surface area contributed by atoms with Gasteiger partial charge in [-0.2, -0.15) is 0 Å². The van der Waals surface area contributed by atoms with Gasteiger partial charge in [-0.25, -0.2) is 0 Å². The van der Waals surface area contributed by atoms with Crippen molar-refractivity contribution in [3.8, 4) is 12.3 Å². The maximum atomic E-state index is 5.64. The molecule has 0 aliphatic rings. The lowest BCUT2D eigenvalue weighted by molar-refractivity contribution is 1.28. The van der Waals surface area contributed by atoms with Crippen molar-refractivity contribution in [2.24, 2.45) is 0 Å². The average Bonchev–Trinajstić information content (AvgIpc) is 2.65. The Balaban J connectivity index is 2.28. The molecule has 0 unspecified atom stereocenters. The first-order chi connectivity index (χ1) is 11.4. The minimum absolute atomic E-state index is 0.784. The predicted octanol–water partition coefficient (Wildman–Crippen LogP) is 4.00. The zero-order valence-corrected chi connectivity index (χ0v) is 14.0. The third-order valence-electron chi connectivity index (χ3n) is 4.18. The zero-order valence-electron chi connectivity index (χ0n) is 13.1. The highest BCUT2D eigenvalue weighted by Crippen LogP contribution is 2.55. The lowest BCUT2D eigenvalue weighted by atomic mass is 10.4. The molecule has 0 saturated carbocycles. The number of hydrogen-bond acceptors (Lipinski definition) is 0. The smallest absolute Gasteiger partial charge is 0.113 e. The molecule has 3 aromatic carbocycles. The van der Waals surface area contributed by atoms with E-state index in [4.69, 9.17) is 6.42 Å². The van der Waals surface area contributed by atoms with Crippen molar-refractivity contribution in [3.63, 3.8) is 0 Å². The predicted molar refractivity (Wildman–Crippen MR) is 103 cm³/mol. The highest BCUT2D eigenvalue weighted by atomic mass is 31.2. The normalized spacial score (nSPS) is 10.9. The first-order valence-corrected chi connectivity index (χ1v) is 9.84. The van der Waals surface area contributed by atoms with Gasteiger partial charge in [-0.15, -0.1) is 12.3 Å². The maximum absolute atomic E-state index is 5.64. The highest BCUT2D eigenvalue weighted by molar-refractivity contribution is 7.95. The molecular formula is C22H20P+. The van der Waals surface area contributed by atoms with Crippen molar-refractivity contribution in [3.05, 3.63) is 91.0 Å². The molecule has 0 aliphatic heterocycles. The number of terminal acetylenes is 1. The summed E-state index contributed by atoms with van der Waals surface area (Å²) in [4.78, 5) is 0. The van der Waals surface area contributed by atoms with Crippen molar-refractivity contribution in [1.29, 1.82) is 0 Å². The second kappa shape index (κ2) is 7.28.